The molecule has 0 fully saturated rings. The van der Waals surface area contributed by atoms with Crippen LogP contribution in [0.2, 0.25) is 0 Å². The van der Waals surface area contributed by atoms with Crippen molar-refractivity contribution in [1.29, 1.82) is 0 Å². The fourth-order valence-corrected chi connectivity index (χ4v) is 1.60. The highest BCUT2D eigenvalue weighted by atomic mass is 15.1. The lowest BCUT2D eigenvalue weighted by Gasteiger charge is -2.08. The monoisotopic (exact) mass is 175 g/mol. The summed E-state index contributed by atoms with van der Waals surface area (Å²) in [4.78, 5) is 4.09. The van der Waals surface area contributed by atoms with Crippen LogP contribution in [0.15, 0.2) is 24.7 Å². The number of aryl methyl sites for hydroxylation is 1. The Morgan fingerprint density at radius 1 is 1.54 bits per heavy atom. The molecule has 2 N–H and O–H groups in total. The maximum atomic E-state index is 5.84. The molecule has 0 aromatic carbocycles. The van der Waals surface area contributed by atoms with E-state index in [2.05, 4.69) is 22.7 Å². The fourth-order valence-electron chi connectivity index (χ4n) is 1.60. The van der Waals surface area contributed by atoms with Gasteiger partial charge in [-0.25, -0.2) is 0 Å². The van der Waals surface area contributed by atoms with Crippen molar-refractivity contribution in [3.8, 4) is 0 Å². The van der Waals surface area contributed by atoms with E-state index in [1.807, 2.05) is 19.2 Å². The van der Waals surface area contributed by atoms with Crippen molar-refractivity contribution in [2.24, 2.45) is 5.73 Å². The fraction of sp³-hybridized carbons (Fsp3) is 0.300. The highest BCUT2D eigenvalue weighted by molar-refractivity contribution is 5.82. The van der Waals surface area contributed by atoms with Crippen molar-refractivity contribution in [1.82, 2.24) is 9.55 Å². The third-order valence-corrected chi connectivity index (χ3v) is 2.27. The predicted molar refractivity (Wildman–Crippen MR) is 53.4 cm³/mol. The minimum absolute atomic E-state index is 0.0126. The van der Waals surface area contributed by atoms with E-state index in [4.69, 9.17) is 5.73 Å². The highest BCUT2D eigenvalue weighted by Crippen LogP contribution is 2.20. The van der Waals surface area contributed by atoms with Gasteiger partial charge in [-0.3, -0.25) is 4.98 Å². The quantitative estimate of drug-likeness (QED) is 0.718. The van der Waals surface area contributed by atoms with Gasteiger partial charge in [-0.2, -0.15) is 0 Å². The highest BCUT2D eigenvalue weighted by Gasteiger charge is 2.06. The first-order valence-corrected chi connectivity index (χ1v) is 4.37. The van der Waals surface area contributed by atoms with Gasteiger partial charge in [0.25, 0.3) is 0 Å². The third kappa shape index (κ3) is 1.21. The molecule has 2 rings (SSSR count). The van der Waals surface area contributed by atoms with E-state index >= 15 is 0 Å². The van der Waals surface area contributed by atoms with Crippen molar-refractivity contribution in [2.45, 2.75) is 20.0 Å². The van der Waals surface area contributed by atoms with Gasteiger partial charge in [0.15, 0.2) is 0 Å². The first kappa shape index (κ1) is 8.26. The Morgan fingerprint density at radius 3 is 3.00 bits per heavy atom. The molecule has 1 atom stereocenters. The molecule has 2 aromatic heterocycles. The summed E-state index contributed by atoms with van der Waals surface area (Å²) >= 11 is 0. The van der Waals surface area contributed by atoms with Gasteiger partial charge in [0, 0.05) is 24.0 Å². The van der Waals surface area contributed by atoms with Gasteiger partial charge in [0.05, 0.1) is 11.7 Å². The Balaban J connectivity index is 2.78. The first-order valence-electron chi connectivity index (χ1n) is 4.37. The van der Waals surface area contributed by atoms with Gasteiger partial charge < -0.3 is 10.3 Å². The second kappa shape index (κ2) is 2.85. The molecule has 68 valence electrons. The van der Waals surface area contributed by atoms with E-state index in [1.54, 1.807) is 6.20 Å². The van der Waals surface area contributed by atoms with Crippen molar-refractivity contribution in [3.63, 3.8) is 0 Å². The summed E-state index contributed by atoms with van der Waals surface area (Å²) in [5.41, 5.74) is 8.21. The number of rotatable bonds is 1. The average Bonchev–Trinajstić information content (AvgIpc) is 2.45. The molecule has 0 radical (unpaired) electrons. The molecule has 0 aliphatic rings. The Kier molecular flexibility index (Phi) is 1.81. The van der Waals surface area contributed by atoms with E-state index in [-0.39, 0.29) is 6.17 Å². The zero-order valence-corrected chi connectivity index (χ0v) is 7.86. The van der Waals surface area contributed by atoms with Crippen molar-refractivity contribution in [2.75, 3.05) is 0 Å². The van der Waals surface area contributed by atoms with Crippen LogP contribution in [0.5, 0.6) is 0 Å². The largest absolute Gasteiger partial charge is 0.332 e. The number of nitrogens with two attached hydrogens (primary N) is 1. The maximum Gasteiger partial charge on any atom is 0.0786 e. The van der Waals surface area contributed by atoms with E-state index in [1.165, 1.54) is 10.9 Å². The molecule has 13 heavy (non-hydrogen) atoms. The maximum absolute atomic E-state index is 5.84. The second-order valence-corrected chi connectivity index (χ2v) is 3.35. The summed E-state index contributed by atoms with van der Waals surface area (Å²) in [6.07, 6.45) is 5.75. The van der Waals surface area contributed by atoms with Crippen LogP contribution in [0.25, 0.3) is 10.9 Å². The summed E-state index contributed by atoms with van der Waals surface area (Å²) in [7, 11) is 0. The molecule has 2 aromatic rings. The van der Waals surface area contributed by atoms with Gasteiger partial charge in [0.1, 0.15) is 0 Å². The molecular weight excluding hydrogens is 162 g/mol. The molecule has 0 spiro atoms. The molecular formula is C10H13N3. The van der Waals surface area contributed by atoms with E-state index < -0.39 is 0 Å². The number of aromatic nitrogens is 2. The molecule has 0 bridgehead atoms. The molecule has 3 heteroatoms. The molecule has 0 aliphatic carbocycles. The molecule has 0 saturated carbocycles. The van der Waals surface area contributed by atoms with Crippen molar-refractivity contribution >= 4 is 10.9 Å². The number of hydrogen-bond donors (Lipinski definition) is 1. The van der Waals surface area contributed by atoms with E-state index in [9.17, 15) is 0 Å². The van der Waals surface area contributed by atoms with Crippen LogP contribution in [-0.2, 0) is 0 Å². The molecule has 0 aliphatic heterocycles. The van der Waals surface area contributed by atoms with Crippen LogP contribution in [0.4, 0.5) is 0 Å². The number of fused-ring (bicyclic) bond motifs is 1. The van der Waals surface area contributed by atoms with Gasteiger partial charge in [-0.05, 0) is 25.5 Å². The SMILES string of the molecule is Cc1cn([C@@H](C)N)c2ccncc12. The average molecular weight is 175 g/mol. The first-order chi connectivity index (χ1) is 6.20. The number of hydrogen-bond acceptors (Lipinski definition) is 2. The van der Waals surface area contributed by atoms with Crippen LogP contribution in [0, 0.1) is 6.92 Å². The second-order valence-electron chi connectivity index (χ2n) is 3.35. The summed E-state index contributed by atoms with van der Waals surface area (Å²) in [5, 5.41) is 1.18. The normalized spacial score (nSPS) is 13.5. The molecule has 3 nitrogen and oxygen atoms in total. The van der Waals surface area contributed by atoms with Crippen LogP contribution < -0.4 is 5.73 Å². The Labute approximate surface area is 77.2 Å². The van der Waals surface area contributed by atoms with Crippen molar-refractivity contribution in [3.05, 3.63) is 30.2 Å². The van der Waals surface area contributed by atoms with Crippen LogP contribution in [-0.4, -0.2) is 9.55 Å². The Morgan fingerprint density at radius 2 is 2.31 bits per heavy atom. The smallest absolute Gasteiger partial charge is 0.0786 e. The standard InChI is InChI=1S/C10H13N3/c1-7-6-13(8(2)11)10-3-4-12-5-9(7)10/h3-6,8H,11H2,1-2H3/t8-/m0/s1. The third-order valence-electron chi connectivity index (χ3n) is 2.27. The topological polar surface area (TPSA) is 43.8 Å². The molecule has 0 unspecified atom stereocenters. The van der Waals surface area contributed by atoms with Gasteiger partial charge in [-0.1, -0.05) is 0 Å². The van der Waals surface area contributed by atoms with Crippen molar-refractivity contribution < 1.29 is 0 Å². The lowest BCUT2D eigenvalue weighted by molar-refractivity contribution is 0.591. The summed E-state index contributed by atoms with van der Waals surface area (Å²) in [6.45, 7) is 4.04. The molecule has 2 heterocycles. The zero-order chi connectivity index (χ0) is 9.42. The Bertz CT molecular complexity index is 429. The lowest BCUT2D eigenvalue weighted by Crippen LogP contribution is -2.13. The molecule has 0 saturated heterocycles. The minimum Gasteiger partial charge on any atom is -0.332 e. The lowest BCUT2D eigenvalue weighted by atomic mass is 10.2. The van der Waals surface area contributed by atoms with Crippen LogP contribution in [0.1, 0.15) is 18.7 Å². The number of pyridine rings is 1. The predicted octanol–water partition coefficient (Wildman–Crippen LogP) is 1.82. The van der Waals surface area contributed by atoms with Gasteiger partial charge in [-0.15, -0.1) is 0 Å². The van der Waals surface area contributed by atoms with E-state index in [0.717, 1.165) is 5.52 Å². The molecule has 0 amide bonds. The zero-order valence-electron chi connectivity index (χ0n) is 7.86. The van der Waals surface area contributed by atoms with Gasteiger partial charge >= 0.3 is 0 Å². The minimum atomic E-state index is 0.0126. The Hall–Kier alpha value is -1.35. The van der Waals surface area contributed by atoms with Crippen LogP contribution in [0.3, 0.4) is 0 Å². The summed E-state index contributed by atoms with van der Waals surface area (Å²) < 4.78 is 2.06. The summed E-state index contributed by atoms with van der Waals surface area (Å²) in [6, 6.07) is 1.99. The van der Waals surface area contributed by atoms with Crippen LogP contribution >= 0.6 is 0 Å². The van der Waals surface area contributed by atoms with Gasteiger partial charge in [0.2, 0.25) is 0 Å². The van der Waals surface area contributed by atoms with E-state index in [0.29, 0.717) is 0 Å². The number of nitrogens with zero attached hydrogens (tertiary/aromatic N) is 2. The summed E-state index contributed by atoms with van der Waals surface area (Å²) in [5.74, 6) is 0.